The lowest BCUT2D eigenvalue weighted by molar-refractivity contribution is -0.138. The molecule has 1 aliphatic rings. The van der Waals surface area contributed by atoms with E-state index in [2.05, 4.69) is 25.7 Å². The van der Waals surface area contributed by atoms with Crippen molar-refractivity contribution < 1.29 is 9.59 Å². The van der Waals surface area contributed by atoms with E-state index in [1.54, 1.807) is 35.4 Å². The van der Waals surface area contributed by atoms with Gasteiger partial charge >= 0.3 is 0 Å². The number of nitrogens with zero attached hydrogens (tertiary/aromatic N) is 6. The summed E-state index contributed by atoms with van der Waals surface area (Å²) in [6.45, 7) is 0.499. The van der Waals surface area contributed by atoms with Gasteiger partial charge in [0.2, 0.25) is 5.91 Å². The van der Waals surface area contributed by atoms with E-state index in [0.29, 0.717) is 22.8 Å². The van der Waals surface area contributed by atoms with Gasteiger partial charge in [0.15, 0.2) is 5.78 Å². The molecule has 2 aromatic heterocycles. The summed E-state index contributed by atoms with van der Waals surface area (Å²) in [5.41, 5.74) is 4.23. The van der Waals surface area contributed by atoms with Gasteiger partial charge in [-0.25, -0.2) is 0 Å². The number of rotatable bonds is 7. The molecule has 9 nitrogen and oxygen atoms in total. The SMILES string of the molecule is O=C(Cc1ccc2[nH]ncc2c1)C1C(c2ccccc2)CCCN1C(=O)/C=C/c1cc(Cl)ccc1-n1cnnn1. The molecule has 1 amide bonds. The first-order valence-electron chi connectivity index (χ1n) is 13.1. The number of halogens is 1. The van der Waals surface area contributed by atoms with Crippen LogP contribution >= 0.6 is 11.6 Å². The van der Waals surface area contributed by atoms with Gasteiger partial charge in [-0.3, -0.25) is 14.7 Å². The number of likely N-dealkylation sites (tertiary alicyclic amines) is 1. The van der Waals surface area contributed by atoms with Gasteiger partial charge in [0.05, 0.1) is 23.4 Å². The molecule has 1 aliphatic heterocycles. The number of tetrazole rings is 1. The number of hydrogen-bond donors (Lipinski definition) is 1. The minimum atomic E-state index is -0.591. The third-order valence-electron chi connectivity index (χ3n) is 7.35. The summed E-state index contributed by atoms with van der Waals surface area (Å²) in [5, 5.41) is 19.9. The zero-order valence-corrected chi connectivity index (χ0v) is 22.3. The molecule has 2 unspecified atom stereocenters. The van der Waals surface area contributed by atoms with Crippen LogP contribution in [-0.4, -0.2) is 59.6 Å². The summed E-state index contributed by atoms with van der Waals surface area (Å²) < 4.78 is 1.51. The van der Waals surface area contributed by atoms with Gasteiger partial charge in [0.25, 0.3) is 0 Å². The molecule has 5 aromatic rings. The summed E-state index contributed by atoms with van der Waals surface area (Å²) in [7, 11) is 0. The molecule has 3 heterocycles. The lowest BCUT2D eigenvalue weighted by atomic mass is 9.80. The first-order chi connectivity index (χ1) is 19.6. The molecule has 0 aliphatic carbocycles. The molecule has 200 valence electrons. The van der Waals surface area contributed by atoms with Crippen LogP contribution in [0.2, 0.25) is 5.02 Å². The van der Waals surface area contributed by atoms with Crippen molar-refractivity contribution in [3.05, 3.63) is 107 Å². The highest BCUT2D eigenvalue weighted by molar-refractivity contribution is 6.30. The number of aromatic nitrogens is 6. The van der Waals surface area contributed by atoms with E-state index in [0.717, 1.165) is 34.9 Å². The van der Waals surface area contributed by atoms with Gasteiger partial charge in [0.1, 0.15) is 6.33 Å². The number of ketones is 1. The summed E-state index contributed by atoms with van der Waals surface area (Å²) >= 11 is 6.26. The predicted octanol–water partition coefficient (Wildman–Crippen LogP) is 4.79. The third kappa shape index (κ3) is 5.28. The number of amides is 1. The lowest BCUT2D eigenvalue weighted by Gasteiger charge is -2.40. The van der Waals surface area contributed by atoms with Gasteiger partial charge in [0, 0.05) is 40.9 Å². The Balaban J connectivity index is 1.31. The van der Waals surface area contributed by atoms with E-state index in [1.165, 1.54) is 17.1 Å². The molecule has 1 saturated heterocycles. The molecule has 10 heteroatoms. The number of aromatic amines is 1. The molecule has 40 heavy (non-hydrogen) atoms. The van der Waals surface area contributed by atoms with Crippen molar-refractivity contribution in [1.29, 1.82) is 0 Å². The highest BCUT2D eigenvalue weighted by atomic mass is 35.5. The van der Waals surface area contributed by atoms with Crippen LogP contribution in [0, 0.1) is 0 Å². The molecule has 1 N–H and O–H groups in total. The number of Topliss-reactive ketones (excluding diaryl/α,β-unsaturated/α-hetero) is 1. The van der Waals surface area contributed by atoms with E-state index in [9.17, 15) is 9.59 Å². The van der Waals surface area contributed by atoms with E-state index in [1.807, 2.05) is 48.5 Å². The van der Waals surface area contributed by atoms with E-state index >= 15 is 0 Å². The van der Waals surface area contributed by atoms with Crippen LogP contribution in [0.5, 0.6) is 0 Å². The topological polar surface area (TPSA) is 110 Å². The third-order valence-corrected chi connectivity index (χ3v) is 7.58. The monoisotopic (exact) mass is 551 g/mol. The molecular formula is C30H26ClN7O2. The van der Waals surface area contributed by atoms with E-state index in [-0.39, 0.29) is 24.0 Å². The average molecular weight is 552 g/mol. The average Bonchev–Trinajstić information content (AvgIpc) is 3.68. The number of fused-ring (bicyclic) bond motifs is 1. The minimum absolute atomic E-state index is 0.00952. The van der Waals surface area contributed by atoms with Gasteiger partial charge in [-0.1, -0.05) is 48.0 Å². The second-order valence-corrected chi connectivity index (χ2v) is 10.3. The van der Waals surface area contributed by atoms with Crippen molar-refractivity contribution >= 4 is 40.3 Å². The van der Waals surface area contributed by atoms with E-state index < -0.39 is 6.04 Å². The fourth-order valence-corrected chi connectivity index (χ4v) is 5.67. The highest BCUT2D eigenvalue weighted by Crippen LogP contribution is 2.34. The maximum absolute atomic E-state index is 14.0. The maximum atomic E-state index is 14.0. The van der Waals surface area contributed by atoms with Crippen molar-refractivity contribution in [1.82, 2.24) is 35.3 Å². The number of piperidine rings is 1. The van der Waals surface area contributed by atoms with Gasteiger partial charge in [-0.15, -0.1) is 5.10 Å². The molecule has 2 atom stereocenters. The second-order valence-electron chi connectivity index (χ2n) is 9.86. The number of H-pyrrole nitrogens is 1. The Morgan fingerprint density at radius 3 is 2.77 bits per heavy atom. The largest absolute Gasteiger partial charge is 0.328 e. The van der Waals surface area contributed by atoms with Crippen LogP contribution in [0.1, 0.15) is 35.4 Å². The maximum Gasteiger partial charge on any atom is 0.247 e. The molecule has 0 bridgehead atoms. The zero-order chi connectivity index (χ0) is 27.5. The highest BCUT2D eigenvalue weighted by Gasteiger charge is 2.39. The summed E-state index contributed by atoms with van der Waals surface area (Å²) in [6, 6.07) is 20.5. The van der Waals surface area contributed by atoms with Crippen molar-refractivity contribution in [2.75, 3.05) is 6.54 Å². The molecule has 0 radical (unpaired) electrons. The molecule has 6 rings (SSSR count). The number of nitrogens with one attached hydrogen (secondary N) is 1. The normalized spacial score (nSPS) is 17.5. The Morgan fingerprint density at radius 1 is 1.07 bits per heavy atom. The summed E-state index contributed by atoms with van der Waals surface area (Å²) in [4.78, 5) is 29.4. The molecular weight excluding hydrogens is 526 g/mol. The van der Waals surface area contributed by atoms with Crippen LogP contribution in [0.3, 0.4) is 0 Å². The predicted molar refractivity (Wildman–Crippen MR) is 152 cm³/mol. The molecule has 1 fully saturated rings. The van der Waals surface area contributed by atoms with E-state index in [4.69, 9.17) is 11.6 Å². The van der Waals surface area contributed by atoms with Crippen LogP contribution in [-0.2, 0) is 16.0 Å². The van der Waals surface area contributed by atoms with Crippen molar-refractivity contribution in [2.24, 2.45) is 0 Å². The first kappa shape index (κ1) is 25.6. The summed E-state index contributed by atoms with van der Waals surface area (Å²) in [5.74, 6) is -0.317. The number of benzene rings is 3. The first-order valence-corrected chi connectivity index (χ1v) is 13.5. The fourth-order valence-electron chi connectivity index (χ4n) is 5.49. The van der Waals surface area contributed by atoms with Crippen LogP contribution in [0.4, 0.5) is 0 Å². The Bertz CT molecular complexity index is 1680. The molecule has 3 aromatic carbocycles. The zero-order valence-electron chi connectivity index (χ0n) is 21.5. The van der Waals surface area contributed by atoms with Crippen molar-refractivity contribution in [2.45, 2.75) is 31.2 Å². The van der Waals surface area contributed by atoms with Gasteiger partial charge in [-0.2, -0.15) is 9.78 Å². The lowest BCUT2D eigenvalue weighted by Crippen LogP contribution is -2.51. The number of carbonyl (C=O) groups excluding carboxylic acids is 2. The van der Waals surface area contributed by atoms with Gasteiger partial charge in [-0.05, 0) is 70.8 Å². The van der Waals surface area contributed by atoms with Crippen LogP contribution < -0.4 is 0 Å². The van der Waals surface area contributed by atoms with Crippen LogP contribution in [0.25, 0.3) is 22.7 Å². The van der Waals surface area contributed by atoms with Crippen LogP contribution in [0.15, 0.2) is 85.3 Å². The number of hydrogen-bond acceptors (Lipinski definition) is 6. The van der Waals surface area contributed by atoms with Crippen molar-refractivity contribution in [3.63, 3.8) is 0 Å². The second kappa shape index (κ2) is 11.2. The summed E-state index contributed by atoms with van der Waals surface area (Å²) in [6.07, 6.45) is 8.28. The molecule has 0 saturated carbocycles. The van der Waals surface area contributed by atoms with Crippen molar-refractivity contribution in [3.8, 4) is 5.69 Å². The van der Waals surface area contributed by atoms with Gasteiger partial charge < -0.3 is 4.90 Å². The fraction of sp³-hybridized carbons (Fsp3) is 0.200. The standard InChI is InChI=1S/C30H26ClN7O2/c31-24-10-12-27(38-19-33-35-36-38)22(17-24)9-13-29(40)37-14-4-7-25(21-5-2-1-3-6-21)30(37)28(39)16-20-8-11-26-23(15-20)18-32-34-26/h1-3,5-6,8-13,15,17-19,25,30H,4,7,14,16H2,(H,32,34)/b13-9+. The quantitative estimate of drug-likeness (QED) is 0.291. The molecule has 0 spiro atoms. The Hall–Kier alpha value is -4.63. The Labute approximate surface area is 235 Å². The minimum Gasteiger partial charge on any atom is -0.328 e. The Kier molecular flexibility index (Phi) is 7.20. The Morgan fingerprint density at radius 2 is 1.95 bits per heavy atom. The number of carbonyl (C=O) groups is 2. The smallest absolute Gasteiger partial charge is 0.247 e.